The van der Waals surface area contributed by atoms with E-state index in [-0.39, 0.29) is 18.9 Å². The maximum Gasteiger partial charge on any atom is 0.305 e. The van der Waals surface area contributed by atoms with Crippen LogP contribution in [0.15, 0.2) is 18.2 Å². The molecule has 1 fully saturated rings. The fourth-order valence-electron chi connectivity index (χ4n) is 2.89. The second kappa shape index (κ2) is 7.46. The lowest BCUT2D eigenvalue weighted by molar-refractivity contribution is -0.140. The first-order valence-corrected chi connectivity index (χ1v) is 7.71. The number of nitrogens with one attached hydrogen (secondary N) is 1. The summed E-state index contributed by atoms with van der Waals surface area (Å²) in [4.78, 5) is 23.3. The Kier molecular flexibility index (Phi) is 5.60. The summed E-state index contributed by atoms with van der Waals surface area (Å²) in [6.07, 6.45) is 0.883. The Balaban J connectivity index is 1.98. The lowest BCUT2D eigenvalue weighted by Crippen LogP contribution is -2.54. The molecule has 1 amide bonds. The summed E-state index contributed by atoms with van der Waals surface area (Å²) in [6.45, 7) is 4.61. The highest BCUT2D eigenvalue weighted by Crippen LogP contribution is 2.25. The van der Waals surface area contributed by atoms with Crippen molar-refractivity contribution in [2.24, 2.45) is 0 Å². The van der Waals surface area contributed by atoms with E-state index >= 15 is 0 Å². The number of carbonyl (C=O) groups excluding carboxylic acids is 1. The molecule has 1 aliphatic rings. The number of benzene rings is 1. The fourth-order valence-corrected chi connectivity index (χ4v) is 2.89. The molecule has 1 saturated heterocycles. The van der Waals surface area contributed by atoms with Crippen LogP contribution in [0.25, 0.3) is 0 Å². The molecule has 2 rings (SSSR count). The van der Waals surface area contributed by atoms with Crippen molar-refractivity contribution in [3.8, 4) is 5.75 Å². The van der Waals surface area contributed by atoms with Gasteiger partial charge in [-0.2, -0.15) is 0 Å². The smallest absolute Gasteiger partial charge is 0.305 e. The summed E-state index contributed by atoms with van der Waals surface area (Å²) < 4.78 is 10.9. The van der Waals surface area contributed by atoms with Crippen molar-refractivity contribution in [3.63, 3.8) is 0 Å². The van der Waals surface area contributed by atoms with Gasteiger partial charge in [-0.25, -0.2) is 0 Å². The standard InChI is InChI=1S/C17H23NO5/c1-12-4-3-5-13(2)16(12)23-11-14(19)18-17(10-15(20)21)6-8-22-9-7-17/h3-5H,6-11H2,1-2H3,(H,18,19)(H,20,21). The molecule has 1 aromatic carbocycles. The van der Waals surface area contributed by atoms with Gasteiger partial charge >= 0.3 is 5.97 Å². The molecule has 0 aromatic heterocycles. The second-order valence-corrected chi connectivity index (χ2v) is 6.02. The van der Waals surface area contributed by atoms with Gasteiger partial charge < -0.3 is 19.9 Å². The van der Waals surface area contributed by atoms with Crippen LogP contribution in [0.5, 0.6) is 5.75 Å². The van der Waals surface area contributed by atoms with Crippen molar-refractivity contribution in [1.82, 2.24) is 5.32 Å². The largest absolute Gasteiger partial charge is 0.483 e. The summed E-state index contributed by atoms with van der Waals surface area (Å²) in [7, 11) is 0. The molecule has 0 spiro atoms. The predicted octanol–water partition coefficient (Wildman–Crippen LogP) is 1.82. The summed E-state index contributed by atoms with van der Waals surface area (Å²) in [5.74, 6) is -0.541. The van der Waals surface area contributed by atoms with Crippen LogP contribution in [0.2, 0.25) is 0 Å². The van der Waals surface area contributed by atoms with Crippen molar-refractivity contribution >= 4 is 11.9 Å². The predicted molar refractivity (Wildman–Crippen MR) is 84.6 cm³/mol. The molecule has 0 bridgehead atoms. The van der Waals surface area contributed by atoms with Crippen molar-refractivity contribution in [1.29, 1.82) is 0 Å². The number of aliphatic carboxylic acids is 1. The average molecular weight is 321 g/mol. The zero-order chi connectivity index (χ0) is 16.9. The first-order valence-electron chi connectivity index (χ1n) is 7.71. The summed E-state index contributed by atoms with van der Waals surface area (Å²) in [5, 5.41) is 11.9. The van der Waals surface area contributed by atoms with Gasteiger partial charge in [-0.3, -0.25) is 9.59 Å². The minimum absolute atomic E-state index is 0.106. The Morgan fingerprint density at radius 2 is 1.87 bits per heavy atom. The fraction of sp³-hybridized carbons (Fsp3) is 0.529. The van der Waals surface area contributed by atoms with Crippen LogP contribution in [0.1, 0.15) is 30.4 Å². The molecule has 0 saturated carbocycles. The first-order chi connectivity index (χ1) is 10.9. The maximum atomic E-state index is 12.2. The number of amides is 1. The second-order valence-electron chi connectivity index (χ2n) is 6.02. The van der Waals surface area contributed by atoms with E-state index in [2.05, 4.69) is 5.32 Å². The third-order valence-corrected chi connectivity index (χ3v) is 4.10. The number of carboxylic acids is 1. The van der Waals surface area contributed by atoms with Crippen LogP contribution in [-0.2, 0) is 14.3 Å². The van der Waals surface area contributed by atoms with Crippen LogP contribution >= 0.6 is 0 Å². The molecule has 2 N–H and O–H groups in total. The molecule has 0 atom stereocenters. The highest BCUT2D eigenvalue weighted by Gasteiger charge is 2.36. The van der Waals surface area contributed by atoms with E-state index in [1.807, 2.05) is 32.0 Å². The quantitative estimate of drug-likeness (QED) is 0.835. The monoisotopic (exact) mass is 321 g/mol. The maximum absolute atomic E-state index is 12.2. The van der Waals surface area contributed by atoms with Crippen molar-refractivity contribution in [2.75, 3.05) is 19.8 Å². The van der Waals surface area contributed by atoms with Crippen LogP contribution < -0.4 is 10.1 Å². The van der Waals surface area contributed by atoms with Gasteiger partial charge in [0.15, 0.2) is 6.61 Å². The van der Waals surface area contributed by atoms with E-state index in [0.29, 0.717) is 31.8 Å². The van der Waals surface area contributed by atoms with Gasteiger partial charge in [0, 0.05) is 13.2 Å². The van der Waals surface area contributed by atoms with Crippen LogP contribution in [0.3, 0.4) is 0 Å². The molecule has 1 aromatic rings. The molecule has 23 heavy (non-hydrogen) atoms. The van der Waals surface area contributed by atoms with Gasteiger partial charge in [-0.1, -0.05) is 18.2 Å². The number of aryl methyl sites for hydroxylation is 2. The van der Waals surface area contributed by atoms with Gasteiger partial charge in [-0.05, 0) is 37.8 Å². The van der Waals surface area contributed by atoms with Crippen LogP contribution in [0.4, 0.5) is 0 Å². The Hall–Kier alpha value is -2.08. The topological polar surface area (TPSA) is 84.9 Å². The van der Waals surface area contributed by atoms with Crippen molar-refractivity contribution < 1.29 is 24.2 Å². The first kappa shape index (κ1) is 17.3. The number of carboxylic acid groups (broad SMARTS) is 1. The molecule has 126 valence electrons. The minimum atomic E-state index is -0.928. The SMILES string of the molecule is Cc1cccc(C)c1OCC(=O)NC1(CC(=O)O)CCOCC1. The van der Waals surface area contributed by atoms with Crippen molar-refractivity contribution in [3.05, 3.63) is 29.3 Å². The number of hydrogen-bond acceptors (Lipinski definition) is 4. The molecule has 1 heterocycles. The average Bonchev–Trinajstić information content (AvgIpc) is 2.46. The molecule has 0 aliphatic carbocycles. The lowest BCUT2D eigenvalue weighted by atomic mass is 9.86. The lowest BCUT2D eigenvalue weighted by Gasteiger charge is -2.36. The number of rotatable bonds is 6. The Bertz CT molecular complexity index is 558. The molecule has 0 radical (unpaired) electrons. The number of ether oxygens (including phenoxy) is 2. The van der Waals surface area contributed by atoms with Gasteiger partial charge in [0.25, 0.3) is 5.91 Å². The van der Waals surface area contributed by atoms with Gasteiger partial charge in [-0.15, -0.1) is 0 Å². The normalized spacial score (nSPS) is 16.6. The molecular formula is C17H23NO5. The summed E-state index contributed by atoms with van der Waals surface area (Å²) >= 11 is 0. The Morgan fingerprint density at radius 3 is 2.43 bits per heavy atom. The third kappa shape index (κ3) is 4.69. The van der Waals surface area contributed by atoms with E-state index in [9.17, 15) is 9.59 Å². The van der Waals surface area contributed by atoms with Crippen LogP contribution in [-0.4, -0.2) is 42.3 Å². The molecule has 6 nitrogen and oxygen atoms in total. The summed E-state index contributed by atoms with van der Waals surface area (Å²) in [6, 6.07) is 5.77. The zero-order valence-corrected chi connectivity index (χ0v) is 13.6. The van der Waals surface area contributed by atoms with E-state index < -0.39 is 11.5 Å². The number of para-hydroxylation sites is 1. The highest BCUT2D eigenvalue weighted by atomic mass is 16.5. The van der Waals surface area contributed by atoms with Gasteiger partial charge in [0.2, 0.25) is 0 Å². The number of hydrogen-bond donors (Lipinski definition) is 2. The van der Waals surface area contributed by atoms with E-state index in [1.165, 1.54) is 0 Å². The van der Waals surface area contributed by atoms with E-state index in [0.717, 1.165) is 11.1 Å². The molecule has 6 heteroatoms. The highest BCUT2D eigenvalue weighted by molar-refractivity contribution is 5.79. The Morgan fingerprint density at radius 1 is 1.26 bits per heavy atom. The Labute approximate surface area is 135 Å². The van der Waals surface area contributed by atoms with E-state index in [4.69, 9.17) is 14.6 Å². The number of carbonyl (C=O) groups is 2. The van der Waals surface area contributed by atoms with Crippen molar-refractivity contribution in [2.45, 2.75) is 38.6 Å². The summed E-state index contributed by atoms with van der Waals surface area (Å²) in [5.41, 5.74) is 1.18. The van der Waals surface area contributed by atoms with Crippen LogP contribution in [0, 0.1) is 13.8 Å². The minimum Gasteiger partial charge on any atom is -0.483 e. The van der Waals surface area contributed by atoms with E-state index in [1.54, 1.807) is 0 Å². The molecular weight excluding hydrogens is 298 g/mol. The molecule has 0 unspecified atom stereocenters. The van der Waals surface area contributed by atoms with Gasteiger partial charge in [0.1, 0.15) is 5.75 Å². The zero-order valence-electron chi connectivity index (χ0n) is 13.6. The third-order valence-electron chi connectivity index (χ3n) is 4.10. The molecule has 1 aliphatic heterocycles. The van der Waals surface area contributed by atoms with Gasteiger partial charge in [0.05, 0.1) is 12.0 Å².